The van der Waals surface area contributed by atoms with E-state index in [9.17, 15) is 0 Å². The van der Waals surface area contributed by atoms with Gasteiger partial charge in [0.2, 0.25) is 0 Å². The van der Waals surface area contributed by atoms with Crippen LogP contribution in [0.25, 0.3) is 0 Å². The van der Waals surface area contributed by atoms with E-state index in [0.717, 1.165) is 25.4 Å². The standard InChI is InChI=1S/C14H21NO2/c1-10-5-13(16-3)11(2)4-12(10)6-14(7-15)8-17-9-14/h4-5H,6-9,15H2,1-3H3. The second-order valence-corrected chi connectivity index (χ2v) is 5.12. The SMILES string of the molecule is COc1cc(C)c(CC2(CN)COC2)cc1C. The molecular weight excluding hydrogens is 214 g/mol. The summed E-state index contributed by atoms with van der Waals surface area (Å²) < 4.78 is 10.6. The molecule has 0 aliphatic carbocycles. The number of rotatable bonds is 4. The summed E-state index contributed by atoms with van der Waals surface area (Å²) in [6, 6.07) is 4.32. The van der Waals surface area contributed by atoms with Crippen molar-refractivity contribution in [2.24, 2.45) is 11.1 Å². The van der Waals surface area contributed by atoms with E-state index in [-0.39, 0.29) is 5.41 Å². The Labute approximate surface area is 103 Å². The minimum absolute atomic E-state index is 0.159. The van der Waals surface area contributed by atoms with Gasteiger partial charge in [-0.1, -0.05) is 6.07 Å². The molecule has 1 saturated heterocycles. The molecule has 0 radical (unpaired) electrons. The lowest BCUT2D eigenvalue weighted by atomic mass is 9.78. The Morgan fingerprint density at radius 1 is 1.29 bits per heavy atom. The summed E-state index contributed by atoms with van der Waals surface area (Å²) in [4.78, 5) is 0. The van der Waals surface area contributed by atoms with Crippen LogP contribution in [0.3, 0.4) is 0 Å². The van der Waals surface area contributed by atoms with Gasteiger partial charge in [-0.3, -0.25) is 0 Å². The number of benzene rings is 1. The second-order valence-electron chi connectivity index (χ2n) is 5.12. The average molecular weight is 235 g/mol. The van der Waals surface area contributed by atoms with Gasteiger partial charge in [-0.05, 0) is 43.0 Å². The minimum atomic E-state index is 0.159. The van der Waals surface area contributed by atoms with Crippen molar-refractivity contribution in [2.75, 3.05) is 26.9 Å². The number of ether oxygens (including phenoxy) is 2. The van der Waals surface area contributed by atoms with Crippen molar-refractivity contribution in [2.45, 2.75) is 20.3 Å². The number of nitrogens with two attached hydrogens (primary N) is 1. The van der Waals surface area contributed by atoms with E-state index in [1.807, 2.05) is 0 Å². The zero-order valence-electron chi connectivity index (χ0n) is 10.9. The van der Waals surface area contributed by atoms with Crippen molar-refractivity contribution in [3.05, 3.63) is 28.8 Å². The van der Waals surface area contributed by atoms with E-state index in [1.165, 1.54) is 16.7 Å². The molecule has 1 aromatic rings. The lowest BCUT2D eigenvalue weighted by Gasteiger charge is -2.41. The van der Waals surface area contributed by atoms with Gasteiger partial charge in [0.25, 0.3) is 0 Å². The van der Waals surface area contributed by atoms with Crippen LogP contribution < -0.4 is 10.5 Å². The molecule has 0 spiro atoms. The number of hydrogen-bond donors (Lipinski definition) is 1. The van der Waals surface area contributed by atoms with Crippen molar-refractivity contribution >= 4 is 0 Å². The third kappa shape index (κ3) is 2.31. The van der Waals surface area contributed by atoms with E-state index >= 15 is 0 Å². The highest BCUT2D eigenvalue weighted by molar-refractivity contribution is 5.42. The maximum absolute atomic E-state index is 5.86. The van der Waals surface area contributed by atoms with Crippen LogP contribution in [0.4, 0.5) is 0 Å². The molecule has 17 heavy (non-hydrogen) atoms. The first-order valence-electron chi connectivity index (χ1n) is 6.02. The predicted molar refractivity (Wildman–Crippen MR) is 68.5 cm³/mol. The van der Waals surface area contributed by atoms with E-state index in [0.29, 0.717) is 6.54 Å². The molecule has 1 fully saturated rings. The Bertz CT molecular complexity index is 405. The number of methoxy groups -OCH3 is 1. The maximum atomic E-state index is 5.86. The largest absolute Gasteiger partial charge is 0.496 e. The van der Waals surface area contributed by atoms with Gasteiger partial charge in [0.1, 0.15) is 5.75 Å². The fourth-order valence-corrected chi connectivity index (χ4v) is 2.35. The van der Waals surface area contributed by atoms with Gasteiger partial charge in [0, 0.05) is 12.0 Å². The molecule has 0 saturated carbocycles. The molecule has 1 aliphatic rings. The predicted octanol–water partition coefficient (Wildman–Crippen LogP) is 1.83. The highest BCUT2D eigenvalue weighted by Crippen LogP contribution is 2.33. The molecule has 0 aromatic heterocycles. The molecule has 0 bridgehead atoms. The summed E-state index contributed by atoms with van der Waals surface area (Å²) in [6.45, 7) is 6.47. The zero-order valence-corrected chi connectivity index (χ0v) is 10.9. The van der Waals surface area contributed by atoms with Crippen molar-refractivity contribution in [3.8, 4) is 5.75 Å². The van der Waals surface area contributed by atoms with Crippen LogP contribution in [-0.2, 0) is 11.2 Å². The first-order chi connectivity index (χ1) is 8.10. The highest BCUT2D eigenvalue weighted by atomic mass is 16.5. The molecule has 0 atom stereocenters. The summed E-state index contributed by atoms with van der Waals surface area (Å²) in [7, 11) is 1.71. The van der Waals surface area contributed by atoms with E-state index in [4.69, 9.17) is 15.2 Å². The van der Waals surface area contributed by atoms with Gasteiger partial charge >= 0.3 is 0 Å². The smallest absolute Gasteiger partial charge is 0.122 e. The van der Waals surface area contributed by atoms with Crippen molar-refractivity contribution < 1.29 is 9.47 Å². The van der Waals surface area contributed by atoms with E-state index in [2.05, 4.69) is 26.0 Å². The fourth-order valence-electron chi connectivity index (χ4n) is 2.35. The summed E-state index contributed by atoms with van der Waals surface area (Å²) in [5, 5.41) is 0. The van der Waals surface area contributed by atoms with Gasteiger partial charge in [0.05, 0.1) is 20.3 Å². The van der Waals surface area contributed by atoms with Crippen LogP contribution in [-0.4, -0.2) is 26.9 Å². The number of hydrogen-bond acceptors (Lipinski definition) is 3. The lowest BCUT2D eigenvalue weighted by Crippen LogP contribution is -2.49. The Morgan fingerprint density at radius 2 is 2.00 bits per heavy atom. The monoisotopic (exact) mass is 235 g/mol. The second kappa shape index (κ2) is 4.67. The Kier molecular flexibility index (Phi) is 3.40. The quantitative estimate of drug-likeness (QED) is 0.866. The first kappa shape index (κ1) is 12.4. The third-order valence-electron chi connectivity index (χ3n) is 3.67. The molecule has 3 nitrogen and oxygen atoms in total. The Hall–Kier alpha value is -1.06. The van der Waals surface area contributed by atoms with Gasteiger partial charge in [-0.15, -0.1) is 0 Å². The van der Waals surface area contributed by atoms with Crippen LogP contribution in [0.15, 0.2) is 12.1 Å². The van der Waals surface area contributed by atoms with Crippen LogP contribution >= 0.6 is 0 Å². The normalized spacial score (nSPS) is 17.6. The topological polar surface area (TPSA) is 44.5 Å². The highest BCUT2D eigenvalue weighted by Gasteiger charge is 2.37. The molecule has 1 aliphatic heterocycles. The van der Waals surface area contributed by atoms with E-state index in [1.54, 1.807) is 7.11 Å². The third-order valence-corrected chi connectivity index (χ3v) is 3.67. The van der Waals surface area contributed by atoms with Gasteiger partial charge in [-0.2, -0.15) is 0 Å². The Balaban J connectivity index is 2.24. The molecule has 1 aromatic carbocycles. The summed E-state index contributed by atoms with van der Waals surface area (Å²) >= 11 is 0. The van der Waals surface area contributed by atoms with Gasteiger partial charge in [0.15, 0.2) is 0 Å². The molecule has 2 N–H and O–H groups in total. The molecule has 0 unspecified atom stereocenters. The van der Waals surface area contributed by atoms with Gasteiger partial charge in [-0.25, -0.2) is 0 Å². The van der Waals surface area contributed by atoms with E-state index < -0.39 is 0 Å². The Morgan fingerprint density at radius 3 is 2.47 bits per heavy atom. The summed E-state index contributed by atoms with van der Waals surface area (Å²) in [5.41, 5.74) is 9.82. The fraction of sp³-hybridized carbons (Fsp3) is 0.571. The lowest BCUT2D eigenvalue weighted by molar-refractivity contribution is -0.106. The van der Waals surface area contributed by atoms with Crippen molar-refractivity contribution in [1.82, 2.24) is 0 Å². The van der Waals surface area contributed by atoms with Crippen LogP contribution in [0.1, 0.15) is 16.7 Å². The molecule has 2 rings (SSSR count). The maximum Gasteiger partial charge on any atom is 0.122 e. The van der Waals surface area contributed by atoms with Crippen LogP contribution in [0, 0.1) is 19.3 Å². The summed E-state index contributed by atoms with van der Waals surface area (Å²) in [6.07, 6.45) is 1.00. The molecule has 94 valence electrons. The minimum Gasteiger partial charge on any atom is -0.496 e. The zero-order chi connectivity index (χ0) is 12.5. The number of aryl methyl sites for hydroxylation is 2. The van der Waals surface area contributed by atoms with Gasteiger partial charge < -0.3 is 15.2 Å². The van der Waals surface area contributed by atoms with Crippen molar-refractivity contribution in [1.29, 1.82) is 0 Å². The van der Waals surface area contributed by atoms with Crippen LogP contribution in [0.5, 0.6) is 5.75 Å². The summed E-state index contributed by atoms with van der Waals surface area (Å²) in [5.74, 6) is 0.956. The molecule has 0 amide bonds. The average Bonchev–Trinajstić information content (AvgIpc) is 2.27. The van der Waals surface area contributed by atoms with Crippen LogP contribution in [0.2, 0.25) is 0 Å². The molecular formula is C14H21NO2. The molecule has 3 heteroatoms. The van der Waals surface area contributed by atoms with Crippen molar-refractivity contribution in [3.63, 3.8) is 0 Å². The first-order valence-corrected chi connectivity index (χ1v) is 6.02. The molecule has 1 heterocycles.